The van der Waals surface area contributed by atoms with Crippen LogP contribution in [-0.2, 0) is 16.1 Å². The predicted molar refractivity (Wildman–Crippen MR) is 57.1 cm³/mol. The first-order chi connectivity index (χ1) is 7.65. The van der Waals surface area contributed by atoms with E-state index in [0.717, 1.165) is 0 Å². The normalized spacial score (nSPS) is 9.81. The lowest BCUT2D eigenvalue weighted by atomic mass is 10.1. The van der Waals surface area contributed by atoms with Gasteiger partial charge in [-0.05, 0) is 11.6 Å². The Hall–Kier alpha value is -1.88. The highest BCUT2D eigenvalue weighted by Crippen LogP contribution is 2.07. The van der Waals surface area contributed by atoms with Crippen LogP contribution in [0, 0.1) is 0 Å². The molecule has 16 heavy (non-hydrogen) atoms. The van der Waals surface area contributed by atoms with Gasteiger partial charge in [0.15, 0.2) is 0 Å². The van der Waals surface area contributed by atoms with Crippen molar-refractivity contribution in [2.75, 3.05) is 13.7 Å². The molecular weight excluding hydrogens is 210 g/mol. The van der Waals surface area contributed by atoms with Gasteiger partial charge in [0.25, 0.3) is 0 Å². The number of esters is 1. The van der Waals surface area contributed by atoms with Crippen molar-refractivity contribution in [3.05, 3.63) is 35.4 Å². The van der Waals surface area contributed by atoms with E-state index in [1.54, 1.807) is 18.2 Å². The fraction of sp³-hybridized carbons (Fsp3) is 0.273. The highest BCUT2D eigenvalue weighted by molar-refractivity contribution is 5.89. The van der Waals surface area contributed by atoms with Gasteiger partial charge in [0.1, 0.15) is 0 Å². The number of benzene rings is 1. The largest absolute Gasteiger partial charge is 0.478 e. The van der Waals surface area contributed by atoms with Crippen molar-refractivity contribution >= 4 is 11.9 Å². The Morgan fingerprint density at radius 1 is 1.38 bits per heavy atom. The molecule has 1 aromatic carbocycles. The van der Waals surface area contributed by atoms with E-state index < -0.39 is 5.97 Å². The second-order valence-electron chi connectivity index (χ2n) is 3.14. The van der Waals surface area contributed by atoms with E-state index >= 15 is 0 Å². The van der Waals surface area contributed by atoms with Crippen LogP contribution in [0.1, 0.15) is 15.9 Å². The van der Waals surface area contributed by atoms with Gasteiger partial charge in [-0.25, -0.2) is 4.79 Å². The van der Waals surface area contributed by atoms with Gasteiger partial charge in [0, 0.05) is 6.54 Å². The maximum atomic E-state index is 10.9. The molecular formula is C11H13NO4. The number of aromatic carboxylic acids is 1. The summed E-state index contributed by atoms with van der Waals surface area (Å²) in [6.07, 6.45) is 0. The second kappa shape index (κ2) is 5.87. The summed E-state index contributed by atoms with van der Waals surface area (Å²) in [6, 6.07) is 6.64. The van der Waals surface area contributed by atoms with E-state index in [-0.39, 0.29) is 18.1 Å². The first-order valence-corrected chi connectivity index (χ1v) is 4.74. The van der Waals surface area contributed by atoms with Crippen LogP contribution in [0.3, 0.4) is 0 Å². The molecule has 1 rings (SSSR count). The average molecular weight is 223 g/mol. The molecule has 0 radical (unpaired) electrons. The van der Waals surface area contributed by atoms with E-state index in [1.807, 2.05) is 0 Å². The van der Waals surface area contributed by atoms with Crippen molar-refractivity contribution in [1.29, 1.82) is 0 Å². The Bertz CT molecular complexity index is 389. The molecule has 0 aliphatic rings. The Labute approximate surface area is 93.0 Å². The zero-order chi connectivity index (χ0) is 12.0. The minimum Gasteiger partial charge on any atom is -0.478 e. The molecule has 86 valence electrons. The Kier molecular flexibility index (Phi) is 4.47. The maximum Gasteiger partial charge on any atom is 0.336 e. The second-order valence-corrected chi connectivity index (χ2v) is 3.14. The van der Waals surface area contributed by atoms with Crippen molar-refractivity contribution in [3.8, 4) is 0 Å². The van der Waals surface area contributed by atoms with Gasteiger partial charge in [0.2, 0.25) is 0 Å². The number of carbonyl (C=O) groups is 2. The van der Waals surface area contributed by atoms with Crippen LogP contribution in [0.4, 0.5) is 0 Å². The monoisotopic (exact) mass is 223 g/mol. The van der Waals surface area contributed by atoms with E-state index in [4.69, 9.17) is 5.11 Å². The summed E-state index contributed by atoms with van der Waals surface area (Å²) >= 11 is 0. The number of nitrogens with one attached hydrogen (secondary N) is 1. The van der Waals surface area contributed by atoms with Crippen LogP contribution in [0.5, 0.6) is 0 Å². The minimum atomic E-state index is -0.976. The summed E-state index contributed by atoms with van der Waals surface area (Å²) < 4.78 is 4.45. The molecule has 0 heterocycles. The highest BCUT2D eigenvalue weighted by atomic mass is 16.5. The Morgan fingerprint density at radius 2 is 2.06 bits per heavy atom. The lowest BCUT2D eigenvalue weighted by Crippen LogP contribution is -2.24. The third kappa shape index (κ3) is 3.36. The first-order valence-electron chi connectivity index (χ1n) is 4.74. The standard InChI is InChI=1S/C11H13NO4/c1-16-10(13)7-12-6-8-4-2-3-5-9(8)11(14)15/h2-5,12H,6-7H2,1H3,(H,14,15). The third-order valence-electron chi connectivity index (χ3n) is 2.06. The average Bonchev–Trinajstić information content (AvgIpc) is 2.29. The van der Waals surface area contributed by atoms with Crippen LogP contribution >= 0.6 is 0 Å². The van der Waals surface area contributed by atoms with Gasteiger partial charge in [-0.2, -0.15) is 0 Å². The summed E-state index contributed by atoms with van der Waals surface area (Å²) in [6.45, 7) is 0.377. The van der Waals surface area contributed by atoms with E-state index in [0.29, 0.717) is 12.1 Å². The van der Waals surface area contributed by atoms with E-state index in [1.165, 1.54) is 13.2 Å². The Balaban J connectivity index is 2.60. The number of carboxylic acid groups (broad SMARTS) is 1. The molecule has 0 fully saturated rings. The predicted octanol–water partition coefficient (Wildman–Crippen LogP) is 0.647. The van der Waals surface area contributed by atoms with Crippen molar-refractivity contribution in [3.63, 3.8) is 0 Å². The van der Waals surface area contributed by atoms with Gasteiger partial charge in [-0.1, -0.05) is 18.2 Å². The van der Waals surface area contributed by atoms with E-state index in [9.17, 15) is 9.59 Å². The number of ether oxygens (including phenoxy) is 1. The SMILES string of the molecule is COC(=O)CNCc1ccccc1C(=O)O. The molecule has 0 bridgehead atoms. The summed E-state index contributed by atoms with van der Waals surface area (Å²) in [5.41, 5.74) is 0.874. The molecule has 5 nitrogen and oxygen atoms in total. The molecule has 0 aliphatic carbocycles. The van der Waals surface area contributed by atoms with Gasteiger partial charge < -0.3 is 15.2 Å². The topological polar surface area (TPSA) is 75.6 Å². The smallest absolute Gasteiger partial charge is 0.336 e. The van der Waals surface area contributed by atoms with Gasteiger partial charge in [-0.3, -0.25) is 4.79 Å². The van der Waals surface area contributed by atoms with Crippen LogP contribution in [0.15, 0.2) is 24.3 Å². The van der Waals surface area contributed by atoms with Gasteiger partial charge in [-0.15, -0.1) is 0 Å². The van der Waals surface area contributed by atoms with Crippen LogP contribution in [-0.4, -0.2) is 30.7 Å². The molecule has 5 heteroatoms. The molecule has 0 spiro atoms. The Morgan fingerprint density at radius 3 is 2.69 bits per heavy atom. The number of methoxy groups -OCH3 is 1. The van der Waals surface area contributed by atoms with Crippen molar-refractivity contribution in [1.82, 2.24) is 5.32 Å². The third-order valence-corrected chi connectivity index (χ3v) is 2.06. The highest BCUT2D eigenvalue weighted by Gasteiger charge is 2.08. The van der Waals surface area contributed by atoms with Crippen molar-refractivity contribution in [2.45, 2.75) is 6.54 Å². The van der Waals surface area contributed by atoms with Gasteiger partial charge in [0.05, 0.1) is 19.2 Å². The number of carboxylic acids is 1. The molecule has 0 amide bonds. The summed E-state index contributed by atoms with van der Waals surface area (Å²) in [4.78, 5) is 21.7. The molecule has 0 unspecified atom stereocenters. The zero-order valence-corrected chi connectivity index (χ0v) is 8.90. The molecule has 0 atom stereocenters. The fourth-order valence-electron chi connectivity index (χ4n) is 1.25. The van der Waals surface area contributed by atoms with Crippen LogP contribution < -0.4 is 5.32 Å². The first kappa shape index (κ1) is 12.2. The quantitative estimate of drug-likeness (QED) is 0.717. The number of rotatable bonds is 5. The van der Waals surface area contributed by atoms with Gasteiger partial charge >= 0.3 is 11.9 Å². The zero-order valence-electron chi connectivity index (χ0n) is 8.90. The van der Waals surface area contributed by atoms with Crippen molar-refractivity contribution in [2.24, 2.45) is 0 Å². The lowest BCUT2D eigenvalue weighted by Gasteiger charge is -2.06. The fourth-order valence-corrected chi connectivity index (χ4v) is 1.25. The number of hydrogen-bond acceptors (Lipinski definition) is 4. The number of carbonyl (C=O) groups excluding carboxylic acids is 1. The molecule has 0 saturated heterocycles. The summed E-state index contributed by atoms with van der Waals surface area (Å²) in [5, 5.41) is 11.7. The molecule has 0 aliphatic heterocycles. The lowest BCUT2D eigenvalue weighted by molar-refractivity contribution is -0.139. The number of hydrogen-bond donors (Lipinski definition) is 2. The van der Waals surface area contributed by atoms with Crippen LogP contribution in [0.25, 0.3) is 0 Å². The molecule has 2 N–H and O–H groups in total. The molecule has 0 saturated carbocycles. The summed E-state index contributed by atoms with van der Waals surface area (Å²) in [5.74, 6) is -1.36. The maximum absolute atomic E-state index is 10.9. The van der Waals surface area contributed by atoms with Crippen LogP contribution in [0.2, 0.25) is 0 Å². The minimum absolute atomic E-state index is 0.0600. The van der Waals surface area contributed by atoms with E-state index in [2.05, 4.69) is 10.1 Å². The van der Waals surface area contributed by atoms with Crippen molar-refractivity contribution < 1.29 is 19.4 Å². The summed E-state index contributed by atoms with van der Waals surface area (Å²) in [7, 11) is 1.30. The molecule has 1 aromatic rings. The molecule has 0 aromatic heterocycles.